The molecule has 4 aliphatic carbocycles. The molecule has 0 aromatic carbocycles. The Morgan fingerprint density at radius 3 is 1.89 bits per heavy atom. The van der Waals surface area contributed by atoms with Crippen molar-refractivity contribution in [3.8, 4) is 0 Å². The summed E-state index contributed by atoms with van der Waals surface area (Å²) >= 11 is 0. The Morgan fingerprint density at radius 2 is 1.50 bits per heavy atom. The molecular weight excluding hydrogens is 222 g/mol. The number of rotatable bonds is 2. The number of nitrogens with one attached hydrogen (secondary N) is 1. The summed E-state index contributed by atoms with van der Waals surface area (Å²) in [6.45, 7) is 7.38. The van der Waals surface area contributed by atoms with Gasteiger partial charge in [-0.15, -0.1) is 0 Å². The summed E-state index contributed by atoms with van der Waals surface area (Å²) < 4.78 is 0. The van der Waals surface area contributed by atoms with E-state index in [-0.39, 0.29) is 10.8 Å². The van der Waals surface area contributed by atoms with E-state index in [1.165, 1.54) is 38.5 Å². The molecule has 4 bridgehead atoms. The first kappa shape index (κ1) is 12.5. The molecule has 4 rings (SSSR count). The summed E-state index contributed by atoms with van der Waals surface area (Å²) in [7, 11) is 0. The maximum absolute atomic E-state index is 12.6. The Balaban J connectivity index is 1.69. The van der Waals surface area contributed by atoms with Crippen LogP contribution in [0.5, 0.6) is 0 Å². The topological polar surface area (TPSA) is 29.1 Å². The number of amides is 1. The lowest BCUT2D eigenvalue weighted by Gasteiger charge is -2.55. The molecule has 4 fully saturated rings. The van der Waals surface area contributed by atoms with E-state index in [2.05, 4.69) is 26.1 Å². The van der Waals surface area contributed by atoms with E-state index < -0.39 is 0 Å². The lowest BCUT2D eigenvalue weighted by Crippen LogP contribution is -2.54. The first-order valence-corrected chi connectivity index (χ1v) is 7.65. The Morgan fingerprint density at radius 1 is 1.06 bits per heavy atom. The fourth-order valence-electron chi connectivity index (χ4n) is 4.92. The lowest BCUT2D eigenvalue weighted by molar-refractivity contribution is -0.146. The van der Waals surface area contributed by atoms with Crippen LogP contribution in [0.4, 0.5) is 0 Å². The molecule has 0 spiro atoms. The molecule has 4 aliphatic rings. The SMILES string of the molecule is CC(C)(C)CNC(=O)C12CC3CC(CC(C3)C1)C2. The van der Waals surface area contributed by atoms with Crippen LogP contribution in [-0.2, 0) is 4.79 Å². The number of hydrogen-bond donors (Lipinski definition) is 1. The van der Waals surface area contributed by atoms with Crippen LogP contribution in [0.15, 0.2) is 0 Å². The molecule has 0 saturated heterocycles. The van der Waals surface area contributed by atoms with Crippen LogP contribution >= 0.6 is 0 Å². The predicted octanol–water partition coefficient (Wildman–Crippen LogP) is 3.37. The van der Waals surface area contributed by atoms with Gasteiger partial charge in [-0.3, -0.25) is 4.79 Å². The monoisotopic (exact) mass is 249 g/mol. The van der Waals surface area contributed by atoms with Crippen molar-refractivity contribution >= 4 is 5.91 Å². The van der Waals surface area contributed by atoms with E-state index in [1.54, 1.807) is 0 Å². The average molecular weight is 249 g/mol. The van der Waals surface area contributed by atoms with Crippen LogP contribution in [0, 0.1) is 28.6 Å². The smallest absolute Gasteiger partial charge is 0.226 e. The van der Waals surface area contributed by atoms with Crippen molar-refractivity contribution in [2.24, 2.45) is 28.6 Å². The van der Waals surface area contributed by atoms with Gasteiger partial charge in [-0.05, 0) is 61.7 Å². The molecule has 2 nitrogen and oxygen atoms in total. The van der Waals surface area contributed by atoms with E-state index in [0.29, 0.717) is 5.91 Å². The summed E-state index contributed by atoms with van der Waals surface area (Å²) in [5.74, 6) is 2.95. The third-order valence-electron chi connectivity index (χ3n) is 5.30. The molecule has 0 unspecified atom stereocenters. The summed E-state index contributed by atoms with van der Waals surface area (Å²) in [5, 5.41) is 3.24. The van der Waals surface area contributed by atoms with E-state index in [9.17, 15) is 4.79 Å². The van der Waals surface area contributed by atoms with Crippen LogP contribution in [0.2, 0.25) is 0 Å². The fraction of sp³-hybridized carbons (Fsp3) is 0.938. The highest BCUT2D eigenvalue weighted by molar-refractivity contribution is 5.83. The molecule has 0 aromatic heterocycles. The quantitative estimate of drug-likeness (QED) is 0.799. The highest BCUT2D eigenvalue weighted by Crippen LogP contribution is 2.60. The van der Waals surface area contributed by atoms with Crippen molar-refractivity contribution < 1.29 is 4.79 Å². The van der Waals surface area contributed by atoms with Gasteiger partial charge >= 0.3 is 0 Å². The van der Waals surface area contributed by atoms with Crippen LogP contribution < -0.4 is 5.32 Å². The molecule has 2 heteroatoms. The molecular formula is C16H27NO. The van der Waals surface area contributed by atoms with Crippen molar-refractivity contribution in [2.75, 3.05) is 6.54 Å². The number of carbonyl (C=O) groups excluding carboxylic acids is 1. The van der Waals surface area contributed by atoms with Crippen molar-refractivity contribution in [1.82, 2.24) is 5.32 Å². The second-order valence-electron chi connectivity index (χ2n) is 8.44. The summed E-state index contributed by atoms with van der Waals surface area (Å²) in [4.78, 5) is 12.6. The molecule has 0 atom stereocenters. The summed E-state index contributed by atoms with van der Waals surface area (Å²) in [5.41, 5.74) is 0.220. The molecule has 0 aliphatic heterocycles. The maximum Gasteiger partial charge on any atom is 0.226 e. The predicted molar refractivity (Wildman–Crippen MR) is 73.1 cm³/mol. The number of carbonyl (C=O) groups is 1. The maximum atomic E-state index is 12.6. The van der Waals surface area contributed by atoms with Gasteiger partial charge in [0, 0.05) is 12.0 Å². The van der Waals surface area contributed by atoms with Gasteiger partial charge < -0.3 is 5.32 Å². The van der Waals surface area contributed by atoms with Gasteiger partial charge in [-0.1, -0.05) is 20.8 Å². The summed E-state index contributed by atoms with van der Waals surface area (Å²) in [6.07, 6.45) is 7.75. The number of hydrogen-bond acceptors (Lipinski definition) is 1. The highest BCUT2D eigenvalue weighted by Gasteiger charge is 2.54. The lowest BCUT2D eigenvalue weighted by atomic mass is 9.49. The van der Waals surface area contributed by atoms with Gasteiger partial charge in [0.25, 0.3) is 0 Å². The van der Waals surface area contributed by atoms with Crippen molar-refractivity contribution in [3.63, 3.8) is 0 Å². The minimum Gasteiger partial charge on any atom is -0.355 e. The first-order chi connectivity index (χ1) is 8.36. The Kier molecular flexibility index (Phi) is 2.76. The average Bonchev–Trinajstić information content (AvgIpc) is 2.22. The molecule has 18 heavy (non-hydrogen) atoms. The van der Waals surface area contributed by atoms with Crippen molar-refractivity contribution in [3.05, 3.63) is 0 Å². The largest absolute Gasteiger partial charge is 0.355 e. The normalized spacial score (nSPS) is 42.1. The molecule has 1 N–H and O–H groups in total. The van der Waals surface area contributed by atoms with Gasteiger partial charge in [0.15, 0.2) is 0 Å². The van der Waals surface area contributed by atoms with Gasteiger partial charge in [0.05, 0.1) is 0 Å². The zero-order chi connectivity index (χ0) is 13.0. The van der Waals surface area contributed by atoms with Crippen LogP contribution in [0.3, 0.4) is 0 Å². The molecule has 1 amide bonds. The molecule has 0 radical (unpaired) electrons. The van der Waals surface area contributed by atoms with Crippen LogP contribution in [-0.4, -0.2) is 12.5 Å². The van der Waals surface area contributed by atoms with E-state index >= 15 is 0 Å². The van der Waals surface area contributed by atoms with Crippen molar-refractivity contribution in [1.29, 1.82) is 0 Å². The van der Waals surface area contributed by atoms with Crippen LogP contribution in [0.1, 0.15) is 59.3 Å². The molecule has 102 valence electrons. The zero-order valence-electron chi connectivity index (χ0n) is 12.1. The van der Waals surface area contributed by atoms with E-state index in [0.717, 1.165) is 24.3 Å². The zero-order valence-corrected chi connectivity index (χ0v) is 12.1. The molecule has 4 saturated carbocycles. The second-order valence-corrected chi connectivity index (χ2v) is 8.44. The van der Waals surface area contributed by atoms with E-state index in [4.69, 9.17) is 0 Å². The standard InChI is InChI=1S/C16H27NO/c1-15(2,3)10-17-14(18)16-7-11-4-12(8-16)6-13(5-11)9-16/h11-13H,4-10H2,1-3H3,(H,17,18). The van der Waals surface area contributed by atoms with Gasteiger partial charge in [-0.2, -0.15) is 0 Å². The minimum atomic E-state index is 0.0278. The second kappa shape index (κ2) is 3.98. The van der Waals surface area contributed by atoms with Gasteiger partial charge in [0.1, 0.15) is 0 Å². The molecule has 0 aromatic rings. The van der Waals surface area contributed by atoms with Crippen molar-refractivity contribution in [2.45, 2.75) is 59.3 Å². The van der Waals surface area contributed by atoms with Gasteiger partial charge in [0.2, 0.25) is 5.91 Å². The minimum absolute atomic E-state index is 0.0278. The fourth-order valence-corrected chi connectivity index (χ4v) is 4.92. The summed E-state index contributed by atoms with van der Waals surface area (Å²) in [6, 6.07) is 0. The Labute approximate surface area is 111 Å². The van der Waals surface area contributed by atoms with Crippen LogP contribution in [0.25, 0.3) is 0 Å². The highest BCUT2D eigenvalue weighted by atomic mass is 16.2. The first-order valence-electron chi connectivity index (χ1n) is 7.65. The van der Waals surface area contributed by atoms with E-state index in [1.807, 2.05) is 0 Å². The third kappa shape index (κ3) is 2.19. The van der Waals surface area contributed by atoms with Gasteiger partial charge in [-0.25, -0.2) is 0 Å². The Hall–Kier alpha value is -0.530. The third-order valence-corrected chi connectivity index (χ3v) is 5.30. The Bertz CT molecular complexity index is 317. The molecule has 0 heterocycles.